The van der Waals surface area contributed by atoms with Crippen molar-refractivity contribution in [1.82, 2.24) is 9.78 Å². The van der Waals surface area contributed by atoms with Gasteiger partial charge in [0, 0.05) is 40.6 Å². The van der Waals surface area contributed by atoms with Crippen LogP contribution in [0, 0.1) is 5.92 Å². The fourth-order valence-corrected chi connectivity index (χ4v) is 5.66. The molecule has 3 N–H and O–H groups in total. The van der Waals surface area contributed by atoms with Gasteiger partial charge in [-0.3, -0.25) is 9.48 Å². The topological polar surface area (TPSA) is 81.1 Å². The summed E-state index contributed by atoms with van der Waals surface area (Å²) >= 11 is 0. The first kappa shape index (κ1) is 22.2. The van der Waals surface area contributed by atoms with E-state index in [4.69, 9.17) is 5.73 Å². The lowest BCUT2D eigenvalue weighted by Gasteiger charge is -2.32. The Labute approximate surface area is 193 Å². The Hall–Kier alpha value is -2.63. The van der Waals surface area contributed by atoms with E-state index in [2.05, 4.69) is 5.10 Å². The Morgan fingerprint density at radius 2 is 1.91 bits per heavy atom. The van der Waals surface area contributed by atoms with Crippen LogP contribution in [0.15, 0.2) is 48.8 Å². The summed E-state index contributed by atoms with van der Waals surface area (Å²) in [5, 5.41) is 15.9. The van der Waals surface area contributed by atoms with E-state index in [1.165, 1.54) is 53.5 Å². The first-order valence-electron chi connectivity index (χ1n) is 11.2. The molecule has 5 rings (SSSR count). The minimum atomic E-state index is -3.58. The number of primary amides is 1. The third kappa shape index (κ3) is 3.58. The molecule has 5 nitrogen and oxygen atoms in total. The lowest BCUT2D eigenvalue weighted by Crippen LogP contribution is -2.40. The number of amides is 1. The monoisotopic (exact) mass is 469 g/mol. The standard InChI is InChI=1S/C25H26F2N3O2P/c26-25(27,33)24(32)20-9-5-4-8-18(20)22-19(23(28)31)10-16(11-21(22)24)17-12-29-30(14-17)13-15-6-2-1-3-7-15/h4-5,8-12,14-15,32H,1-3,6-7,13,33H2,(H2,28,31). The molecular weight excluding hydrogens is 443 g/mol. The fraction of sp³-hybridized carbons (Fsp3) is 0.360. The maximum Gasteiger partial charge on any atom is 0.295 e. The molecule has 2 aliphatic rings. The SMILES string of the molecule is NC(=O)c1cc(-c2cnn(CC3CCCCC3)c2)cc2c1-c1ccccc1C2(O)C(F)(F)P. The molecule has 3 aromatic rings. The van der Waals surface area contributed by atoms with E-state index in [-0.39, 0.29) is 22.3 Å². The Kier molecular flexibility index (Phi) is 5.37. The number of fused-ring (bicyclic) bond motifs is 3. The molecule has 0 spiro atoms. The van der Waals surface area contributed by atoms with E-state index >= 15 is 0 Å². The van der Waals surface area contributed by atoms with Crippen LogP contribution in [0.4, 0.5) is 8.78 Å². The predicted molar refractivity (Wildman–Crippen MR) is 126 cm³/mol. The quantitative estimate of drug-likeness (QED) is 0.521. The van der Waals surface area contributed by atoms with Crippen molar-refractivity contribution in [2.75, 3.05) is 0 Å². The second-order valence-electron chi connectivity index (χ2n) is 9.14. The van der Waals surface area contributed by atoms with Crippen molar-refractivity contribution < 1.29 is 18.7 Å². The number of benzene rings is 2. The lowest BCUT2D eigenvalue weighted by molar-refractivity contribution is -0.0963. The summed E-state index contributed by atoms with van der Waals surface area (Å²) in [6.07, 6.45) is 9.61. The normalized spacial score (nSPS) is 20.5. The van der Waals surface area contributed by atoms with Gasteiger partial charge in [0.1, 0.15) is 0 Å². The zero-order valence-corrected chi connectivity index (χ0v) is 19.3. The predicted octanol–water partition coefficient (Wildman–Crippen LogP) is 4.91. The van der Waals surface area contributed by atoms with Crippen LogP contribution in [0.25, 0.3) is 22.3 Å². The minimum absolute atomic E-state index is 0.0324. The number of aliphatic hydroxyl groups is 1. The van der Waals surface area contributed by atoms with Gasteiger partial charge < -0.3 is 10.8 Å². The average Bonchev–Trinajstić information content (AvgIpc) is 3.35. The molecule has 2 aromatic carbocycles. The van der Waals surface area contributed by atoms with Gasteiger partial charge in [0.05, 0.1) is 6.20 Å². The van der Waals surface area contributed by atoms with E-state index in [1.54, 1.807) is 30.5 Å². The molecule has 0 bridgehead atoms. The number of halogens is 2. The summed E-state index contributed by atoms with van der Waals surface area (Å²) in [6.45, 7) is 0.798. The molecule has 1 amide bonds. The van der Waals surface area contributed by atoms with Crippen molar-refractivity contribution in [1.29, 1.82) is 0 Å². The number of hydrogen-bond acceptors (Lipinski definition) is 3. The third-order valence-corrected chi connectivity index (χ3v) is 7.42. The van der Waals surface area contributed by atoms with Gasteiger partial charge in [0.15, 0.2) is 5.60 Å². The van der Waals surface area contributed by atoms with Crippen LogP contribution in [-0.2, 0) is 12.1 Å². The second-order valence-corrected chi connectivity index (χ2v) is 9.87. The first-order valence-corrected chi connectivity index (χ1v) is 11.8. The number of nitrogens with zero attached hydrogens (tertiary/aromatic N) is 2. The van der Waals surface area contributed by atoms with Gasteiger partial charge in [-0.25, -0.2) is 0 Å². The van der Waals surface area contributed by atoms with Crippen LogP contribution in [0.2, 0.25) is 0 Å². The molecule has 8 heteroatoms. The number of nitrogens with two attached hydrogens (primary N) is 1. The zero-order chi connectivity index (χ0) is 23.4. The highest BCUT2D eigenvalue weighted by molar-refractivity contribution is 7.18. The molecule has 0 aliphatic heterocycles. The summed E-state index contributed by atoms with van der Waals surface area (Å²) in [5.41, 5.74) is 1.44. The Balaban J connectivity index is 1.63. The molecular formula is C25H26F2N3O2P. The summed E-state index contributed by atoms with van der Waals surface area (Å²) in [4.78, 5) is 12.4. The second kappa shape index (κ2) is 8.00. The van der Waals surface area contributed by atoms with Crippen molar-refractivity contribution in [2.24, 2.45) is 11.7 Å². The Morgan fingerprint density at radius 1 is 1.18 bits per heavy atom. The Morgan fingerprint density at radius 3 is 2.61 bits per heavy atom. The van der Waals surface area contributed by atoms with Crippen molar-refractivity contribution >= 4 is 15.1 Å². The molecule has 1 saturated carbocycles. The molecule has 1 aromatic heterocycles. The number of hydrogen-bond donors (Lipinski definition) is 2. The molecule has 2 atom stereocenters. The van der Waals surface area contributed by atoms with E-state index in [0.717, 1.165) is 6.54 Å². The molecule has 1 fully saturated rings. The lowest BCUT2D eigenvalue weighted by atomic mass is 9.88. The van der Waals surface area contributed by atoms with Gasteiger partial charge in [0.25, 0.3) is 5.66 Å². The molecule has 0 saturated heterocycles. The van der Waals surface area contributed by atoms with Crippen molar-refractivity contribution in [3.63, 3.8) is 0 Å². The molecule has 2 aliphatic carbocycles. The fourth-order valence-electron chi connectivity index (χ4n) is 5.35. The highest BCUT2D eigenvalue weighted by atomic mass is 31.0. The largest absolute Gasteiger partial charge is 0.374 e. The third-order valence-electron chi connectivity index (χ3n) is 7.00. The van der Waals surface area contributed by atoms with E-state index < -0.39 is 17.2 Å². The van der Waals surface area contributed by atoms with E-state index in [9.17, 15) is 18.7 Å². The minimum Gasteiger partial charge on any atom is -0.374 e. The van der Waals surface area contributed by atoms with Crippen molar-refractivity contribution in [3.8, 4) is 22.3 Å². The van der Waals surface area contributed by atoms with Gasteiger partial charge >= 0.3 is 0 Å². The Bertz CT molecular complexity index is 1230. The summed E-state index contributed by atoms with van der Waals surface area (Å²) in [7, 11) is 1.45. The molecule has 172 valence electrons. The first-order chi connectivity index (χ1) is 15.7. The van der Waals surface area contributed by atoms with Gasteiger partial charge in [-0.15, -0.1) is 0 Å². The zero-order valence-electron chi connectivity index (χ0n) is 18.1. The number of carbonyl (C=O) groups is 1. The van der Waals surface area contributed by atoms with Crippen molar-refractivity contribution in [2.45, 2.75) is 49.9 Å². The van der Waals surface area contributed by atoms with E-state index in [1.807, 2.05) is 10.9 Å². The van der Waals surface area contributed by atoms with Crippen LogP contribution >= 0.6 is 9.24 Å². The molecule has 33 heavy (non-hydrogen) atoms. The van der Waals surface area contributed by atoms with Gasteiger partial charge in [-0.1, -0.05) is 52.8 Å². The number of rotatable bonds is 5. The van der Waals surface area contributed by atoms with Gasteiger partial charge in [-0.2, -0.15) is 13.9 Å². The smallest absolute Gasteiger partial charge is 0.295 e. The average molecular weight is 469 g/mol. The number of carbonyl (C=O) groups excluding carboxylic acids is 1. The van der Waals surface area contributed by atoms with Gasteiger partial charge in [-0.05, 0) is 42.0 Å². The summed E-state index contributed by atoms with van der Waals surface area (Å²) in [6, 6.07) is 9.49. The maximum atomic E-state index is 14.9. The van der Waals surface area contributed by atoms with Crippen LogP contribution in [0.1, 0.15) is 53.6 Å². The summed E-state index contributed by atoms with van der Waals surface area (Å²) in [5.74, 6) is -0.170. The number of aromatic nitrogens is 2. The molecule has 2 unspecified atom stereocenters. The molecule has 0 radical (unpaired) electrons. The maximum absolute atomic E-state index is 14.9. The van der Waals surface area contributed by atoms with E-state index in [0.29, 0.717) is 22.6 Å². The highest BCUT2D eigenvalue weighted by Crippen LogP contribution is 2.58. The summed E-state index contributed by atoms with van der Waals surface area (Å²) < 4.78 is 31.6. The van der Waals surface area contributed by atoms with Crippen LogP contribution in [0.3, 0.4) is 0 Å². The van der Waals surface area contributed by atoms with Gasteiger partial charge in [0.2, 0.25) is 5.91 Å². The molecule has 1 heterocycles. The van der Waals surface area contributed by atoms with Crippen LogP contribution < -0.4 is 5.73 Å². The highest BCUT2D eigenvalue weighted by Gasteiger charge is 2.57. The number of alkyl halides is 2. The van der Waals surface area contributed by atoms with Crippen LogP contribution in [-0.4, -0.2) is 26.5 Å². The van der Waals surface area contributed by atoms with Crippen LogP contribution in [0.5, 0.6) is 0 Å². The van der Waals surface area contributed by atoms with Crippen molar-refractivity contribution in [3.05, 3.63) is 65.5 Å².